The van der Waals surface area contributed by atoms with E-state index in [9.17, 15) is 18.0 Å². The number of aromatic nitrogens is 3. The normalized spacial score (nSPS) is 14.0. The Kier molecular flexibility index (Phi) is 6.52. The Hall–Kier alpha value is -2.23. The number of nitrogens with zero attached hydrogens (tertiary/aromatic N) is 3. The number of aryl methyl sites for hydroxylation is 1. The summed E-state index contributed by atoms with van der Waals surface area (Å²) in [4.78, 5) is 12.2. The minimum atomic E-state index is -4.70. The van der Waals surface area contributed by atoms with Crippen LogP contribution in [0.25, 0.3) is 0 Å². The molecule has 0 saturated carbocycles. The van der Waals surface area contributed by atoms with Crippen LogP contribution in [0.15, 0.2) is 35.5 Å². The van der Waals surface area contributed by atoms with E-state index in [-0.39, 0.29) is 17.1 Å². The van der Waals surface area contributed by atoms with Crippen LogP contribution in [0.1, 0.15) is 31.7 Å². The van der Waals surface area contributed by atoms with E-state index in [0.717, 1.165) is 24.6 Å². The van der Waals surface area contributed by atoms with Gasteiger partial charge in [0.2, 0.25) is 11.1 Å². The molecule has 0 bridgehead atoms. The first-order chi connectivity index (χ1) is 12.2. The van der Waals surface area contributed by atoms with Crippen molar-refractivity contribution in [3.63, 3.8) is 0 Å². The molecule has 0 aliphatic rings. The molecule has 2 rings (SSSR count). The third-order valence-electron chi connectivity index (χ3n) is 3.67. The van der Waals surface area contributed by atoms with Crippen molar-refractivity contribution in [3.8, 4) is 0 Å². The van der Waals surface area contributed by atoms with Crippen LogP contribution in [0.3, 0.4) is 0 Å². The number of hydrogen-bond acceptors (Lipinski definition) is 5. The maximum atomic E-state index is 12.7. The van der Waals surface area contributed by atoms with Crippen molar-refractivity contribution in [1.29, 1.82) is 0 Å². The summed E-state index contributed by atoms with van der Waals surface area (Å²) in [6, 6.07) is 9.80. The summed E-state index contributed by atoms with van der Waals surface area (Å²) in [6.07, 6.45) is -3.13. The van der Waals surface area contributed by atoms with Gasteiger partial charge in [-0.05, 0) is 32.3 Å². The molecule has 3 N–H and O–H groups in total. The van der Waals surface area contributed by atoms with E-state index in [0.29, 0.717) is 4.68 Å². The zero-order chi connectivity index (χ0) is 19.3. The van der Waals surface area contributed by atoms with E-state index >= 15 is 0 Å². The quantitative estimate of drug-likeness (QED) is 0.563. The van der Waals surface area contributed by atoms with E-state index in [1.54, 1.807) is 6.92 Å². The number of carbonyl (C=O) groups excluding carboxylic acids is 1. The molecular weight excluding hydrogens is 367 g/mol. The van der Waals surface area contributed by atoms with E-state index in [2.05, 4.69) is 15.5 Å². The van der Waals surface area contributed by atoms with Gasteiger partial charge >= 0.3 is 6.18 Å². The second-order valence-electron chi connectivity index (χ2n) is 5.87. The number of alkyl halides is 3. The van der Waals surface area contributed by atoms with Gasteiger partial charge in [0.1, 0.15) is 0 Å². The maximum Gasteiger partial charge on any atom is 0.453 e. The molecule has 0 aliphatic carbocycles. The molecule has 26 heavy (non-hydrogen) atoms. The van der Waals surface area contributed by atoms with Crippen LogP contribution in [0.4, 0.5) is 13.2 Å². The monoisotopic (exact) mass is 387 g/mol. The zero-order valence-electron chi connectivity index (χ0n) is 14.3. The van der Waals surface area contributed by atoms with Crippen molar-refractivity contribution >= 4 is 17.7 Å². The van der Waals surface area contributed by atoms with Gasteiger partial charge in [0, 0.05) is 6.04 Å². The van der Waals surface area contributed by atoms with Crippen LogP contribution in [-0.4, -0.2) is 32.1 Å². The van der Waals surface area contributed by atoms with Gasteiger partial charge < -0.3 is 11.2 Å². The molecule has 0 spiro atoms. The Balaban J connectivity index is 1.86. The van der Waals surface area contributed by atoms with Crippen molar-refractivity contribution in [2.24, 2.45) is 0 Å². The summed E-state index contributed by atoms with van der Waals surface area (Å²) < 4.78 is 38.3. The number of amides is 1. The highest BCUT2D eigenvalue weighted by Gasteiger charge is 2.38. The van der Waals surface area contributed by atoms with Crippen LogP contribution < -0.4 is 11.2 Å². The second-order valence-corrected chi connectivity index (χ2v) is 7.18. The minimum Gasteiger partial charge on any atom is -0.353 e. The second kappa shape index (κ2) is 8.43. The number of hydrogen-bond donors (Lipinski definition) is 2. The number of thioether (sulfide) groups is 1. The highest BCUT2D eigenvalue weighted by atomic mass is 32.2. The molecular formula is C16H20F3N5OS. The number of carbonyl (C=O) groups is 1. The molecule has 1 heterocycles. The molecule has 10 heteroatoms. The number of benzene rings is 1. The Morgan fingerprint density at radius 3 is 2.50 bits per heavy atom. The molecule has 0 radical (unpaired) electrons. The van der Waals surface area contributed by atoms with Gasteiger partial charge in [0.15, 0.2) is 0 Å². The van der Waals surface area contributed by atoms with E-state index in [1.807, 2.05) is 37.3 Å². The number of nitrogen functional groups attached to an aromatic ring is 1. The Bertz CT molecular complexity index is 735. The predicted molar refractivity (Wildman–Crippen MR) is 92.9 cm³/mol. The summed E-state index contributed by atoms with van der Waals surface area (Å²) in [6.45, 7) is 3.46. The highest BCUT2D eigenvalue weighted by Crippen LogP contribution is 2.30. The van der Waals surface area contributed by atoms with Crippen LogP contribution in [0.5, 0.6) is 0 Å². The Morgan fingerprint density at radius 2 is 1.92 bits per heavy atom. The Morgan fingerprint density at radius 1 is 1.27 bits per heavy atom. The van der Waals surface area contributed by atoms with Gasteiger partial charge in [0.25, 0.3) is 5.82 Å². The molecule has 1 aromatic carbocycles. The van der Waals surface area contributed by atoms with Crippen LogP contribution in [-0.2, 0) is 17.4 Å². The van der Waals surface area contributed by atoms with E-state index in [1.165, 1.54) is 5.56 Å². The molecule has 1 aromatic heterocycles. The topological polar surface area (TPSA) is 85.8 Å². The summed E-state index contributed by atoms with van der Waals surface area (Å²) in [7, 11) is 0. The lowest BCUT2D eigenvalue weighted by Gasteiger charge is -2.17. The number of rotatable bonds is 7. The van der Waals surface area contributed by atoms with Gasteiger partial charge in [-0.15, -0.1) is 10.2 Å². The van der Waals surface area contributed by atoms with E-state index < -0.39 is 17.3 Å². The first kappa shape index (κ1) is 20.1. The molecule has 0 unspecified atom stereocenters. The predicted octanol–water partition coefficient (Wildman–Crippen LogP) is 2.63. The van der Waals surface area contributed by atoms with Gasteiger partial charge in [-0.3, -0.25) is 4.79 Å². The van der Waals surface area contributed by atoms with Crippen LogP contribution >= 0.6 is 11.8 Å². The van der Waals surface area contributed by atoms with E-state index in [4.69, 9.17) is 5.84 Å². The average Bonchev–Trinajstić information content (AvgIpc) is 2.94. The maximum absolute atomic E-state index is 12.7. The van der Waals surface area contributed by atoms with Gasteiger partial charge in [0.05, 0.1) is 5.25 Å². The Labute approximate surface area is 153 Å². The van der Waals surface area contributed by atoms with Crippen molar-refractivity contribution in [1.82, 2.24) is 20.2 Å². The minimum absolute atomic E-state index is 0.0766. The first-order valence-electron chi connectivity index (χ1n) is 7.97. The van der Waals surface area contributed by atoms with Gasteiger partial charge in [-0.1, -0.05) is 42.1 Å². The fourth-order valence-corrected chi connectivity index (χ4v) is 3.00. The summed E-state index contributed by atoms with van der Waals surface area (Å²) >= 11 is 0.824. The molecule has 0 fully saturated rings. The van der Waals surface area contributed by atoms with Gasteiger partial charge in [-0.25, -0.2) is 4.68 Å². The van der Waals surface area contributed by atoms with Gasteiger partial charge in [-0.2, -0.15) is 13.2 Å². The molecule has 6 nitrogen and oxygen atoms in total. The fraction of sp³-hybridized carbons (Fsp3) is 0.438. The molecule has 2 aromatic rings. The third kappa shape index (κ3) is 5.38. The molecule has 2 atom stereocenters. The van der Waals surface area contributed by atoms with Crippen molar-refractivity contribution < 1.29 is 18.0 Å². The first-order valence-corrected chi connectivity index (χ1v) is 8.85. The zero-order valence-corrected chi connectivity index (χ0v) is 15.1. The van der Waals surface area contributed by atoms with Crippen molar-refractivity contribution in [2.45, 2.75) is 49.3 Å². The smallest absolute Gasteiger partial charge is 0.353 e. The average molecular weight is 387 g/mol. The molecule has 142 valence electrons. The summed E-state index contributed by atoms with van der Waals surface area (Å²) in [5, 5.41) is 8.46. The molecule has 0 aliphatic heterocycles. The lowest BCUT2D eigenvalue weighted by Crippen LogP contribution is -2.38. The lowest BCUT2D eigenvalue weighted by molar-refractivity contribution is -0.146. The summed E-state index contributed by atoms with van der Waals surface area (Å²) in [5.41, 5.74) is 1.17. The van der Waals surface area contributed by atoms with Crippen molar-refractivity contribution in [2.75, 3.05) is 5.84 Å². The highest BCUT2D eigenvalue weighted by molar-refractivity contribution is 8.00. The number of nitrogens with two attached hydrogens (primary N) is 1. The number of halogens is 3. The molecule has 0 saturated heterocycles. The molecule has 1 amide bonds. The lowest BCUT2D eigenvalue weighted by atomic mass is 10.1. The standard InChI is InChI=1S/C16H20F3N5OS/c1-10(8-9-12-6-4-3-5-7-12)21-13(25)11(2)26-15-23-22-14(24(15)20)16(17,18)19/h3-7,10-11H,8-9,20H2,1-2H3,(H,21,25)/t10-,11-/m1/s1. The fourth-order valence-electron chi connectivity index (χ4n) is 2.22. The van der Waals surface area contributed by atoms with Crippen LogP contribution in [0, 0.1) is 0 Å². The van der Waals surface area contributed by atoms with Crippen molar-refractivity contribution in [3.05, 3.63) is 41.7 Å². The third-order valence-corrected chi connectivity index (χ3v) is 4.72. The number of nitrogens with one attached hydrogen (secondary N) is 1. The summed E-state index contributed by atoms with van der Waals surface area (Å²) in [5.74, 6) is 3.77. The SMILES string of the molecule is C[C@H](CCc1ccccc1)NC(=O)[C@@H](C)Sc1nnc(C(F)(F)F)n1N. The van der Waals surface area contributed by atoms with Crippen LogP contribution in [0.2, 0.25) is 0 Å². The largest absolute Gasteiger partial charge is 0.453 e.